The van der Waals surface area contributed by atoms with Crippen molar-refractivity contribution >= 4 is 11.8 Å². The molecule has 1 aromatic carbocycles. The van der Waals surface area contributed by atoms with E-state index in [0.29, 0.717) is 6.54 Å². The molecule has 0 spiro atoms. The van der Waals surface area contributed by atoms with Gasteiger partial charge in [-0.05, 0) is 30.5 Å². The number of methoxy groups -OCH3 is 1. The van der Waals surface area contributed by atoms with Gasteiger partial charge >= 0.3 is 6.18 Å². The van der Waals surface area contributed by atoms with Gasteiger partial charge in [-0.15, -0.1) is 0 Å². The Kier molecular flexibility index (Phi) is 4.93. The molecule has 0 amide bonds. The van der Waals surface area contributed by atoms with Gasteiger partial charge in [-0.3, -0.25) is 0 Å². The quantitative estimate of drug-likeness (QED) is 0.779. The zero-order valence-electron chi connectivity index (χ0n) is 14.9. The molecule has 1 saturated carbocycles. The van der Waals surface area contributed by atoms with Crippen LogP contribution in [0.4, 0.5) is 24.9 Å². The van der Waals surface area contributed by atoms with Crippen LogP contribution in [0.25, 0.3) is 0 Å². The fourth-order valence-corrected chi connectivity index (χ4v) is 2.60. The molecule has 26 heavy (non-hydrogen) atoms. The lowest BCUT2D eigenvalue weighted by Crippen LogP contribution is -2.29. The van der Waals surface area contributed by atoms with Crippen molar-refractivity contribution in [2.75, 3.05) is 31.0 Å². The molecule has 8 heteroatoms. The molecular weight excluding hydrogens is 345 g/mol. The van der Waals surface area contributed by atoms with Crippen molar-refractivity contribution in [1.29, 1.82) is 0 Å². The second kappa shape index (κ2) is 7.01. The van der Waals surface area contributed by atoms with E-state index in [-0.39, 0.29) is 17.8 Å². The van der Waals surface area contributed by atoms with Gasteiger partial charge in [0.2, 0.25) is 5.95 Å². The molecule has 0 unspecified atom stereocenters. The number of hydrogen-bond donors (Lipinski definition) is 0. The number of nitrogens with zero attached hydrogens (tertiary/aromatic N) is 4. The summed E-state index contributed by atoms with van der Waals surface area (Å²) in [6.07, 6.45) is -2.67. The van der Waals surface area contributed by atoms with Crippen LogP contribution in [0.2, 0.25) is 0 Å². The van der Waals surface area contributed by atoms with E-state index < -0.39 is 11.9 Å². The second-order valence-corrected chi connectivity index (χ2v) is 6.51. The Hall–Kier alpha value is -2.51. The third kappa shape index (κ3) is 4.17. The molecule has 140 valence electrons. The predicted molar refractivity (Wildman–Crippen MR) is 93.6 cm³/mol. The molecule has 1 heterocycles. The van der Waals surface area contributed by atoms with Gasteiger partial charge in [0.15, 0.2) is 5.69 Å². The summed E-state index contributed by atoms with van der Waals surface area (Å²) in [5.41, 5.74) is 0.0386. The first-order chi connectivity index (χ1) is 12.3. The van der Waals surface area contributed by atoms with E-state index in [1.807, 2.05) is 29.2 Å². The van der Waals surface area contributed by atoms with E-state index in [4.69, 9.17) is 4.74 Å². The number of hydrogen-bond acceptors (Lipinski definition) is 5. The van der Waals surface area contributed by atoms with Crippen molar-refractivity contribution in [3.8, 4) is 5.75 Å². The van der Waals surface area contributed by atoms with Crippen molar-refractivity contribution in [2.45, 2.75) is 31.6 Å². The molecule has 2 aromatic rings. The topological polar surface area (TPSA) is 41.5 Å². The Bertz CT molecular complexity index is 758. The molecule has 0 N–H and O–H groups in total. The Labute approximate surface area is 150 Å². The molecule has 1 aliphatic carbocycles. The Morgan fingerprint density at radius 1 is 1.12 bits per heavy atom. The van der Waals surface area contributed by atoms with Crippen LogP contribution < -0.4 is 14.5 Å². The number of halogens is 3. The zero-order chi connectivity index (χ0) is 18.9. The number of benzene rings is 1. The molecule has 1 fully saturated rings. The highest BCUT2D eigenvalue weighted by Crippen LogP contribution is 2.35. The van der Waals surface area contributed by atoms with Crippen LogP contribution in [-0.4, -0.2) is 37.2 Å². The van der Waals surface area contributed by atoms with Crippen LogP contribution in [0.1, 0.15) is 24.1 Å². The van der Waals surface area contributed by atoms with Gasteiger partial charge in [-0.1, -0.05) is 12.1 Å². The first kappa shape index (κ1) is 18.3. The van der Waals surface area contributed by atoms with E-state index in [9.17, 15) is 13.2 Å². The Balaban J connectivity index is 1.95. The summed E-state index contributed by atoms with van der Waals surface area (Å²) in [6, 6.07) is 8.60. The van der Waals surface area contributed by atoms with Gasteiger partial charge in [-0.2, -0.15) is 18.2 Å². The maximum absolute atomic E-state index is 13.3. The lowest BCUT2D eigenvalue weighted by molar-refractivity contribution is -0.141. The SMILES string of the molecule is COc1ccc(CN(c2nc(N(C)C)cc(C(F)(F)F)n2)C2CC2)cc1. The third-order valence-corrected chi connectivity index (χ3v) is 4.21. The van der Waals surface area contributed by atoms with Crippen LogP contribution in [0, 0.1) is 0 Å². The van der Waals surface area contributed by atoms with Gasteiger partial charge in [0.05, 0.1) is 7.11 Å². The van der Waals surface area contributed by atoms with Gasteiger partial charge in [0, 0.05) is 32.7 Å². The predicted octanol–water partition coefficient (Wildman–Crippen LogP) is 3.74. The summed E-state index contributed by atoms with van der Waals surface area (Å²) < 4.78 is 44.9. The second-order valence-electron chi connectivity index (χ2n) is 6.51. The van der Waals surface area contributed by atoms with Gasteiger partial charge in [0.1, 0.15) is 11.6 Å². The molecule has 0 bridgehead atoms. The standard InChI is InChI=1S/C18H21F3N4O/c1-24(2)16-10-15(18(19,20)21)22-17(23-16)25(13-6-7-13)11-12-4-8-14(26-3)9-5-12/h4-5,8-10,13H,6-7,11H2,1-3H3. The van der Waals surface area contributed by atoms with Crippen molar-refractivity contribution in [3.63, 3.8) is 0 Å². The van der Waals surface area contributed by atoms with Crippen LogP contribution in [-0.2, 0) is 12.7 Å². The molecular formula is C18H21F3N4O. The van der Waals surface area contributed by atoms with Crippen LogP contribution in [0.15, 0.2) is 30.3 Å². The molecule has 5 nitrogen and oxygen atoms in total. The van der Waals surface area contributed by atoms with E-state index in [1.54, 1.807) is 26.1 Å². The minimum Gasteiger partial charge on any atom is -0.497 e. The van der Waals surface area contributed by atoms with Crippen molar-refractivity contribution < 1.29 is 17.9 Å². The molecule has 0 radical (unpaired) electrons. The summed E-state index contributed by atoms with van der Waals surface area (Å²) in [5.74, 6) is 1.08. The summed E-state index contributed by atoms with van der Waals surface area (Å²) in [4.78, 5) is 11.6. The van der Waals surface area contributed by atoms with E-state index in [2.05, 4.69) is 9.97 Å². The Morgan fingerprint density at radius 2 is 1.77 bits per heavy atom. The molecule has 1 aliphatic rings. The normalized spacial score (nSPS) is 14.2. The largest absolute Gasteiger partial charge is 0.497 e. The number of rotatable bonds is 6. The third-order valence-electron chi connectivity index (χ3n) is 4.21. The van der Waals surface area contributed by atoms with Crippen LogP contribution in [0.5, 0.6) is 5.75 Å². The highest BCUT2D eigenvalue weighted by Gasteiger charge is 2.37. The first-order valence-electron chi connectivity index (χ1n) is 8.31. The smallest absolute Gasteiger partial charge is 0.433 e. The van der Waals surface area contributed by atoms with Crippen LogP contribution in [0.3, 0.4) is 0 Å². The summed E-state index contributed by atoms with van der Waals surface area (Å²) >= 11 is 0. The summed E-state index contributed by atoms with van der Waals surface area (Å²) in [7, 11) is 4.92. The highest BCUT2D eigenvalue weighted by molar-refractivity contribution is 5.47. The summed E-state index contributed by atoms with van der Waals surface area (Å²) in [5, 5.41) is 0. The van der Waals surface area contributed by atoms with Gasteiger partial charge in [0.25, 0.3) is 0 Å². The highest BCUT2D eigenvalue weighted by atomic mass is 19.4. The van der Waals surface area contributed by atoms with Crippen LogP contribution >= 0.6 is 0 Å². The lowest BCUT2D eigenvalue weighted by Gasteiger charge is -2.25. The van der Waals surface area contributed by atoms with E-state index in [1.165, 1.54) is 0 Å². The number of alkyl halides is 3. The molecule has 0 atom stereocenters. The number of ether oxygens (including phenoxy) is 1. The minimum atomic E-state index is -4.52. The maximum Gasteiger partial charge on any atom is 0.433 e. The monoisotopic (exact) mass is 366 g/mol. The molecule has 0 aliphatic heterocycles. The van der Waals surface area contributed by atoms with Crippen molar-refractivity contribution in [2.24, 2.45) is 0 Å². The van der Waals surface area contributed by atoms with Gasteiger partial charge in [-0.25, -0.2) is 4.98 Å². The van der Waals surface area contributed by atoms with E-state index in [0.717, 1.165) is 30.2 Å². The first-order valence-corrected chi connectivity index (χ1v) is 8.31. The van der Waals surface area contributed by atoms with Crippen molar-refractivity contribution in [1.82, 2.24) is 9.97 Å². The minimum absolute atomic E-state index is 0.113. The molecule has 1 aromatic heterocycles. The van der Waals surface area contributed by atoms with Gasteiger partial charge < -0.3 is 14.5 Å². The fourth-order valence-electron chi connectivity index (χ4n) is 2.60. The zero-order valence-corrected chi connectivity index (χ0v) is 14.9. The summed E-state index contributed by atoms with van der Waals surface area (Å²) in [6.45, 7) is 0.447. The van der Waals surface area contributed by atoms with Crippen molar-refractivity contribution in [3.05, 3.63) is 41.6 Å². The Morgan fingerprint density at radius 3 is 2.27 bits per heavy atom. The fraction of sp³-hybridized carbons (Fsp3) is 0.444. The molecule has 3 rings (SSSR count). The number of anilines is 2. The maximum atomic E-state index is 13.3. The lowest BCUT2D eigenvalue weighted by atomic mass is 10.2. The number of aromatic nitrogens is 2. The molecule has 0 saturated heterocycles. The average Bonchev–Trinajstić information content (AvgIpc) is 3.44. The average molecular weight is 366 g/mol. The van der Waals surface area contributed by atoms with E-state index >= 15 is 0 Å².